The number of nitrogens with zero attached hydrogens (tertiary/aromatic N) is 3. The SMILES string of the molecule is O=C(O)[C@@H]1[C@@H](CC2CCNCC2)C(=O)N1C(=O)N1CCN(C(=O)[C@@H]2C[C@H]2c2ccccc2)CC1. The number of likely N-dealkylation sites (tertiary alicyclic amines) is 1. The van der Waals surface area contributed by atoms with Gasteiger partial charge in [-0.2, -0.15) is 0 Å². The van der Waals surface area contributed by atoms with Gasteiger partial charge in [0.05, 0.1) is 5.92 Å². The van der Waals surface area contributed by atoms with Crippen LogP contribution in [0.25, 0.3) is 0 Å². The molecule has 1 aliphatic carbocycles. The lowest BCUT2D eigenvalue weighted by Gasteiger charge is -2.47. The van der Waals surface area contributed by atoms with Gasteiger partial charge in [0.15, 0.2) is 6.04 Å². The molecule has 3 aliphatic heterocycles. The number of urea groups is 1. The minimum Gasteiger partial charge on any atom is -0.480 e. The Morgan fingerprint density at radius 2 is 1.62 bits per heavy atom. The van der Waals surface area contributed by atoms with Crippen molar-refractivity contribution >= 4 is 23.8 Å². The highest BCUT2D eigenvalue weighted by Gasteiger charge is 2.56. The van der Waals surface area contributed by atoms with E-state index in [-0.39, 0.29) is 23.7 Å². The molecule has 34 heavy (non-hydrogen) atoms. The maximum Gasteiger partial charge on any atom is 0.327 e. The number of hydrogen-bond acceptors (Lipinski definition) is 5. The Bertz CT molecular complexity index is 955. The molecular weight excluding hydrogens is 436 g/mol. The molecule has 3 saturated heterocycles. The first-order valence-electron chi connectivity index (χ1n) is 12.3. The third-order valence-electron chi connectivity index (χ3n) is 7.92. The number of imide groups is 1. The van der Waals surface area contributed by atoms with E-state index in [2.05, 4.69) is 17.4 Å². The lowest BCUT2D eigenvalue weighted by Crippen LogP contribution is -2.69. The molecule has 9 heteroatoms. The lowest BCUT2D eigenvalue weighted by molar-refractivity contribution is -0.167. The summed E-state index contributed by atoms with van der Waals surface area (Å²) in [6.07, 6.45) is 3.22. The number of carboxylic acid groups (broad SMARTS) is 1. The zero-order valence-electron chi connectivity index (χ0n) is 19.3. The van der Waals surface area contributed by atoms with E-state index in [0.717, 1.165) is 37.3 Å². The average molecular weight is 469 g/mol. The number of aliphatic carboxylic acids is 1. The van der Waals surface area contributed by atoms with Gasteiger partial charge in [-0.25, -0.2) is 14.5 Å². The smallest absolute Gasteiger partial charge is 0.327 e. The summed E-state index contributed by atoms with van der Waals surface area (Å²) >= 11 is 0. The molecule has 0 radical (unpaired) electrons. The number of carbonyl (C=O) groups is 4. The van der Waals surface area contributed by atoms with Crippen molar-refractivity contribution in [1.29, 1.82) is 0 Å². The fraction of sp³-hybridized carbons (Fsp3) is 0.600. The van der Waals surface area contributed by atoms with Crippen LogP contribution < -0.4 is 5.32 Å². The fourth-order valence-electron chi connectivity index (χ4n) is 5.79. The number of nitrogens with one attached hydrogen (secondary N) is 1. The minimum absolute atomic E-state index is 0.00579. The first-order chi connectivity index (χ1) is 16.5. The van der Waals surface area contributed by atoms with Crippen LogP contribution in [0.4, 0.5) is 4.79 Å². The van der Waals surface area contributed by atoms with Crippen molar-refractivity contribution in [2.75, 3.05) is 39.3 Å². The molecule has 9 nitrogen and oxygen atoms in total. The highest BCUT2D eigenvalue weighted by Crippen LogP contribution is 2.48. The highest BCUT2D eigenvalue weighted by molar-refractivity contribution is 6.07. The molecule has 0 spiro atoms. The molecule has 0 bridgehead atoms. The van der Waals surface area contributed by atoms with Crippen molar-refractivity contribution in [3.8, 4) is 0 Å². The third kappa shape index (κ3) is 4.29. The molecule has 182 valence electrons. The molecule has 4 atom stereocenters. The van der Waals surface area contributed by atoms with Crippen molar-refractivity contribution in [2.24, 2.45) is 17.8 Å². The molecule has 1 aromatic rings. The third-order valence-corrected chi connectivity index (χ3v) is 7.92. The molecule has 4 aliphatic rings. The second kappa shape index (κ2) is 9.37. The number of piperidine rings is 1. The second-order valence-electron chi connectivity index (χ2n) is 9.98. The van der Waals surface area contributed by atoms with Crippen LogP contribution in [0.15, 0.2) is 30.3 Å². The zero-order valence-corrected chi connectivity index (χ0v) is 19.3. The Kier molecular flexibility index (Phi) is 6.29. The van der Waals surface area contributed by atoms with Crippen LogP contribution in [0.3, 0.4) is 0 Å². The van der Waals surface area contributed by atoms with E-state index in [1.807, 2.05) is 18.2 Å². The van der Waals surface area contributed by atoms with E-state index < -0.39 is 24.0 Å². The van der Waals surface area contributed by atoms with Gasteiger partial charge >= 0.3 is 12.0 Å². The van der Waals surface area contributed by atoms with E-state index in [0.29, 0.717) is 38.5 Å². The monoisotopic (exact) mass is 468 g/mol. The van der Waals surface area contributed by atoms with Gasteiger partial charge in [-0.05, 0) is 56.2 Å². The quantitative estimate of drug-likeness (QED) is 0.632. The van der Waals surface area contributed by atoms with Crippen LogP contribution >= 0.6 is 0 Å². The van der Waals surface area contributed by atoms with Crippen molar-refractivity contribution in [3.63, 3.8) is 0 Å². The highest BCUT2D eigenvalue weighted by atomic mass is 16.4. The summed E-state index contributed by atoms with van der Waals surface area (Å²) in [6, 6.07) is 8.40. The number of carboxylic acids is 1. The summed E-state index contributed by atoms with van der Waals surface area (Å²) in [7, 11) is 0. The van der Waals surface area contributed by atoms with Crippen molar-refractivity contribution in [1.82, 2.24) is 20.0 Å². The lowest BCUT2D eigenvalue weighted by atomic mass is 9.78. The topological polar surface area (TPSA) is 110 Å². The van der Waals surface area contributed by atoms with Crippen LogP contribution in [0, 0.1) is 17.8 Å². The molecule has 0 unspecified atom stereocenters. The van der Waals surface area contributed by atoms with Gasteiger partial charge in [0.25, 0.3) is 0 Å². The maximum atomic E-state index is 13.1. The summed E-state index contributed by atoms with van der Waals surface area (Å²) in [5, 5.41) is 13.0. The molecule has 0 aromatic heterocycles. The van der Waals surface area contributed by atoms with Crippen LogP contribution in [-0.2, 0) is 14.4 Å². The predicted octanol–water partition coefficient (Wildman–Crippen LogP) is 1.36. The molecule has 4 fully saturated rings. The first kappa shape index (κ1) is 22.8. The van der Waals surface area contributed by atoms with Gasteiger partial charge < -0.3 is 20.2 Å². The van der Waals surface area contributed by atoms with E-state index in [1.165, 1.54) is 10.5 Å². The number of amides is 4. The molecular formula is C25H32N4O5. The number of piperazine rings is 1. The zero-order chi connectivity index (χ0) is 23.8. The van der Waals surface area contributed by atoms with E-state index >= 15 is 0 Å². The number of benzene rings is 1. The maximum absolute atomic E-state index is 13.1. The standard InChI is InChI=1S/C25H32N4O5/c30-22(19-15-18(19)17-4-2-1-3-5-17)27-10-12-28(13-11-27)25(34)29-21(24(32)33)20(23(29)31)14-16-6-8-26-9-7-16/h1-5,16,18-21,26H,6-15H2,(H,32,33)/t18-,19+,20+,21-/m0/s1. The van der Waals surface area contributed by atoms with Gasteiger partial charge in [0, 0.05) is 32.1 Å². The normalized spacial score (nSPS) is 29.5. The summed E-state index contributed by atoms with van der Waals surface area (Å²) < 4.78 is 0. The van der Waals surface area contributed by atoms with E-state index in [4.69, 9.17) is 0 Å². The van der Waals surface area contributed by atoms with E-state index in [1.54, 1.807) is 4.90 Å². The van der Waals surface area contributed by atoms with Crippen LogP contribution in [0.5, 0.6) is 0 Å². The van der Waals surface area contributed by atoms with Crippen LogP contribution in [0.1, 0.15) is 37.2 Å². The molecule has 5 rings (SSSR count). The van der Waals surface area contributed by atoms with Gasteiger partial charge in [0.1, 0.15) is 0 Å². The van der Waals surface area contributed by atoms with Crippen LogP contribution in [0.2, 0.25) is 0 Å². The fourth-order valence-corrected chi connectivity index (χ4v) is 5.79. The van der Waals surface area contributed by atoms with Gasteiger partial charge in [-0.15, -0.1) is 0 Å². The predicted molar refractivity (Wildman–Crippen MR) is 123 cm³/mol. The molecule has 4 amide bonds. The van der Waals surface area contributed by atoms with Gasteiger partial charge in [-0.1, -0.05) is 30.3 Å². The molecule has 2 N–H and O–H groups in total. The van der Waals surface area contributed by atoms with Crippen molar-refractivity contribution in [3.05, 3.63) is 35.9 Å². The molecule has 1 saturated carbocycles. The summed E-state index contributed by atoms with van der Waals surface area (Å²) in [6.45, 7) is 3.18. The Hall–Kier alpha value is -2.94. The number of hydrogen-bond donors (Lipinski definition) is 2. The van der Waals surface area contributed by atoms with Crippen molar-refractivity contribution < 1.29 is 24.3 Å². The second-order valence-corrected chi connectivity index (χ2v) is 9.98. The number of β-lactam (4-membered cyclic amide) rings is 1. The Morgan fingerprint density at radius 3 is 2.26 bits per heavy atom. The largest absolute Gasteiger partial charge is 0.480 e. The van der Waals surface area contributed by atoms with E-state index in [9.17, 15) is 24.3 Å². The first-order valence-corrected chi connectivity index (χ1v) is 12.3. The summed E-state index contributed by atoms with van der Waals surface area (Å²) in [5.41, 5.74) is 1.18. The summed E-state index contributed by atoms with van der Waals surface area (Å²) in [4.78, 5) is 54.9. The van der Waals surface area contributed by atoms with Crippen molar-refractivity contribution in [2.45, 2.75) is 37.6 Å². The van der Waals surface area contributed by atoms with Gasteiger partial charge in [-0.3, -0.25) is 9.59 Å². The molecule has 1 aromatic carbocycles. The van der Waals surface area contributed by atoms with Crippen LogP contribution in [-0.4, -0.2) is 88.9 Å². The Balaban J connectivity index is 1.14. The summed E-state index contributed by atoms with van der Waals surface area (Å²) in [5.74, 6) is -1.44. The average Bonchev–Trinajstić information content (AvgIpc) is 3.67. The Labute approximate surface area is 199 Å². The number of rotatable bonds is 5. The molecule has 3 heterocycles. The Morgan fingerprint density at radius 1 is 0.971 bits per heavy atom. The van der Waals surface area contributed by atoms with Gasteiger partial charge in [0.2, 0.25) is 11.8 Å². The minimum atomic E-state index is -1.12. The number of carbonyl (C=O) groups excluding carboxylic acids is 3.